The molecular weight excluding hydrogens is 478 g/mol. The van der Waals surface area contributed by atoms with E-state index in [1.807, 2.05) is 23.1 Å². The Hall–Kier alpha value is -2.78. The summed E-state index contributed by atoms with van der Waals surface area (Å²) in [6, 6.07) is 6.93. The van der Waals surface area contributed by atoms with Crippen LogP contribution in [-0.2, 0) is 10.2 Å². The van der Waals surface area contributed by atoms with Crippen molar-refractivity contribution in [3.63, 3.8) is 0 Å². The molecule has 0 radical (unpaired) electrons. The second-order valence-corrected chi connectivity index (χ2v) is 10.00. The van der Waals surface area contributed by atoms with E-state index in [0.717, 1.165) is 36.0 Å². The van der Waals surface area contributed by atoms with Crippen LogP contribution in [0.4, 0.5) is 14.5 Å². The Labute approximate surface area is 207 Å². The van der Waals surface area contributed by atoms with Gasteiger partial charge in [-0.05, 0) is 49.3 Å². The summed E-state index contributed by atoms with van der Waals surface area (Å²) in [7, 11) is 1.61. The Morgan fingerprint density at radius 1 is 1.29 bits per heavy atom. The van der Waals surface area contributed by atoms with Crippen molar-refractivity contribution in [2.24, 2.45) is 5.92 Å². The van der Waals surface area contributed by atoms with Crippen molar-refractivity contribution < 1.29 is 23.1 Å². The molecule has 0 unspecified atom stereocenters. The van der Waals surface area contributed by atoms with Gasteiger partial charge in [0.25, 0.3) is 12.3 Å². The monoisotopic (exact) mass is 504 g/mol. The van der Waals surface area contributed by atoms with Gasteiger partial charge >= 0.3 is 0 Å². The second kappa shape index (κ2) is 9.35. The summed E-state index contributed by atoms with van der Waals surface area (Å²) in [5, 5.41) is 6.24. The third-order valence-corrected chi connectivity index (χ3v) is 7.69. The molecule has 2 N–H and O–H groups in total. The van der Waals surface area contributed by atoms with Gasteiger partial charge in [0.05, 0.1) is 23.4 Å². The summed E-state index contributed by atoms with van der Waals surface area (Å²) in [5.41, 5.74) is 0.719. The molecule has 2 amide bonds. The van der Waals surface area contributed by atoms with Crippen LogP contribution in [-0.4, -0.2) is 49.6 Å². The lowest BCUT2D eigenvalue weighted by atomic mass is 9.76. The number of halogens is 3. The zero-order valence-electron chi connectivity index (χ0n) is 19.3. The van der Waals surface area contributed by atoms with Crippen molar-refractivity contribution in [1.82, 2.24) is 15.6 Å². The normalized spacial score (nSPS) is 22.8. The third-order valence-electron chi connectivity index (χ3n) is 7.48. The summed E-state index contributed by atoms with van der Waals surface area (Å²) in [6.45, 7) is 1.88. The Kier molecular flexibility index (Phi) is 6.40. The summed E-state index contributed by atoms with van der Waals surface area (Å²) < 4.78 is 32.0. The summed E-state index contributed by atoms with van der Waals surface area (Å²) in [5.74, 6) is 0.534. The lowest BCUT2D eigenvalue weighted by Gasteiger charge is -2.38. The first-order chi connectivity index (χ1) is 16.8. The fourth-order valence-corrected chi connectivity index (χ4v) is 5.62. The van der Waals surface area contributed by atoms with Crippen LogP contribution in [0.25, 0.3) is 0 Å². The predicted octanol–water partition coefficient (Wildman–Crippen LogP) is 3.86. The highest BCUT2D eigenvalue weighted by Crippen LogP contribution is 2.46. The number of amides is 2. The molecule has 0 bridgehead atoms. The minimum atomic E-state index is -2.86. The second-order valence-electron chi connectivity index (χ2n) is 9.56. The fraction of sp³-hybridized carbons (Fsp3) is 0.480. The number of alkyl halides is 2. The van der Waals surface area contributed by atoms with Crippen molar-refractivity contribution in [1.29, 1.82) is 0 Å². The first-order valence-corrected chi connectivity index (χ1v) is 12.2. The van der Waals surface area contributed by atoms with Crippen LogP contribution in [0, 0.1) is 5.92 Å². The van der Waals surface area contributed by atoms with Gasteiger partial charge in [0.15, 0.2) is 0 Å². The van der Waals surface area contributed by atoms with Gasteiger partial charge in [-0.25, -0.2) is 8.78 Å². The summed E-state index contributed by atoms with van der Waals surface area (Å²) >= 11 is 5.88. The van der Waals surface area contributed by atoms with Crippen molar-refractivity contribution in [2.45, 2.75) is 43.6 Å². The molecule has 1 aliphatic carbocycles. The molecule has 3 heterocycles. The molecule has 186 valence electrons. The van der Waals surface area contributed by atoms with Gasteiger partial charge in [-0.15, -0.1) is 0 Å². The first-order valence-electron chi connectivity index (χ1n) is 11.8. The van der Waals surface area contributed by atoms with E-state index < -0.39 is 23.4 Å². The lowest BCUT2D eigenvalue weighted by molar-refractivity contribution is -0.125. The smallest absolute Gasteiger partial charge is 0.281 e. The maximum atomic E-state index is 13.4. The van der Waals surface area contributed by atoms with E-state index in [4.69, 9.17) is 16.3 Å². The number of ether oxygens (including phenoxy) is 1. The number of carbonyl (C=O) groups excluding carboxylic acids is 2. The minimum Gasteiger partial charge on any atom is -0.497 e. The van der Waals surface area contributed by atoms with Crippen LogP contribution in [0.1, 0.15) is 53.7 Å². The number of pyridine rings is 1. The number of nitrogens with one attached hydrogen (secondary N) is 2. The molecule has 1 spiro atoms. The SMILES string of the molecule is COc1ccc2c(c1)N(C[C@H]1CC[C@H](NC(=O)c3cc(Cl)cnc3C(F)F)CC1)C(=O)C21CNC1. The molecular formula is C25H27ClF2N4O3. The molecule has 7 nitrogen and oxygen atoms in total. The molecule has 1 saturated carbocycles. The predicted molar refractivity (Wildman–Crippen MR) is 127 cm³/mol. The Bertz CT molecular complexity index is 1150. The van der Waals surface area contributed by atoms with Crippen LogP contribution in [0.2, 0.25) is 5.02 Å². The van der Waals surface area contributed by atoms with E-state index in [2.05, 4.69) is 15.6 Å². The Balaban J connectivity index is 1.23. The van der Waals surface area contributed by atoms with E-state index in [1.165, 1.54) is 6.07 Å². The number of hydrogen-bond donors (Lipinski definition) is 2. The van der Waals surface area contributed by atoms with Gasteiger partial charge in [-0.1, -0.05) is 17.7 Å². The van der Waals surface area contributed by atoms with Crippen LogP contribution >= 0.6 is 11.6 Å². The number of benzene rings is 1. The molecule has 5 rings (SSSR count). The van der Waals surface area contributed by atoms with Gasteiger partial charge in [0.2, 0.25) is 5.91 Å². The van der Waals surface area contributed by atoms with Crippen LogP contribution in [0.5, 0.6) is 5.75 Å². The number of aromatic nitrogens is 1. The highest BCUT2D eigenvalue weighted by molar-refractivity contribution is 6.30. The molecule has 35 heavy (non-hydrogen) atoms. The van der Waals surface area contributed by atoms with Crippen molar-refractivity contribution in [3.05, 3.63) is 52.3 Å². The zero-order chi connectivity index (χ0) is 24.7. The van der Waals surface area contributed by atoms with E-state index in [0.29, 0.717) is 32.5 Å². The molecule has 3 aliphatic rings. The van der Waals surface area contributed by atoms with Crippen LogP contribution < -0.4 is 20.3 Å². The van der Waals surface area contributed by atoms with Gasteiger partial charge in [-0.2, -0.15) is 0 Å². The number of carbonyl (C=O) groups is 2. The number of fused-ring (bicyclic) bond motifs is 2. The molecule has 2 fully saturated rings. The quantitative estimate of drug-likeness (QED) is 0.624. The van der Waals surface area contributed by atoms with E-state index >= 15 is 0 Å². The Morgan fingerprint density at radius 2 is 2.03 bits per heavy atom. The molecule has 1 aromatic heterocycles. The number of hydrogen-bond acceptors (Lipinski definition) is 5. The summed E-state index contributed by atoms with van der Waals surface area (Å²) in [4.78, 5) is 31.6. The third kappa shape index (κ3) is 4.25. The number of methoxy groups -OCH3 is 1. The molecule has 2 aliphatic heterocycles. The van der Waals surface area contributed by atoms with Gasteiger partial charge < -0.3 is 20.3 Å². The van der Waals surface area contributed by atoms with Crippen molar-refractivity contribution in [3.8, 4) is 5.75 Å². The molecule has 1 saturated heterocycles. The topological polar surface area (TPSA) is 83.6 Å². The van der Waals surface area contributed by atoms with Crippen LogP contribution in [0.3, 0.4) is 0 Å². The highest BCUT2D eigenvalue weighted by Gasteiger charge is 2.55. The lowest BCUT2D eigenvalue weighted by Crippen LogP contribution is -2.62. The van der Waals surface area contributed by atoms with E-state index in [-0.39, 0.29) is 28.5 Å². The maximum Gasteiger partial charge on any atom is 0.281 e. The highest BCUT2D eigenvalue weighted by atomic mass is 35.5. The van der Waals surface area contributed by atoms with E-state index in [9.17, 15) is 18.4 Å². The molecule has 10 heteroatoms. The summed E-state index contributed by atoms with van der Waals surface area (Å²) in [6.07, 6.45) is 1.28. The van der Waals surface area contributed by atoms with Gasteiger partial charge in [-0.3, -0.25) is 14.6 Å². The maximum absolute atomic E-state index is 13.4. The first kappa shape index (κ1) is 23.9. The van der Waals surface area contributed by atoms with Crippen molar-refractivity contribution in [2.75, 3.05) is 31.6 Å². The minimum absolute atomic E-state index is 0.128. The van der Waals surface area contributed by atoms with Crippen molar-refractivity contribution >= 4 is 29.1 Å². The molecule has 2 aromatic rings. The zero-order valence-corrected chi connectivity index (χ0v) is 20.1. The van der Waals surface area contributed by atoms with Gasteiger partial charge in [0.1, 0.15) is 16.9 Å². The van der Waals surface area contributed by atoms with Gasteiger partial charge in [0, 0.05) is 37.9 Å². The number of anilines is 1. The van der Waals surface area contributed by atoms with Crippen LogP contribution in [0.15, 0.2) is 30.5 Å². The Morgan fingerprint density at radius 3 is 2.66 bits per heavy atom. The molecule has 0 atom stereocenters. The average molecular weight is 505 g/mol. The number of nitrogens with zero attached hydrogens (tertiary/aromatic N) is 2. The largest absolute Gasteiger partial charge is 0.497 e. The standard InChI is InChI=1S/C25H27ClF2N4O3/c1-35-17-6-7-19-20(9-17)32(24(34)25(19)12-29-13-25)11-14-2-4-16(5-3-14)31-23(33)18-8-15(26)10-30-21(18)22(27)28/h6-10,14,16,22,29H,2-5,11-13H2,1H3,(H,31,33)/t14-,16-. The average Bonchev–Trinajstić information content (AvgIpc) is 3.07. The number of rotatable bonds is 6. The molecule has 1 aromatic carbocycles. The fourth-order valence-electron chi connectivity index (χ4n) is 5.46. The van der Waals surface area contributed by atoms with E-state index in [1.54, 1.807) is 7.11 Å².